The van der Waals surface area contributed by atoms with E-state index in [0.29, 0.717) is 40.6 Å². The molecular formula is C21H19ClN4O2. The maximum Gasteiger partial charge on any atom is 0.274 e. The van der Waals surface area contributed by atoms with Gasteiger partial charge in [-0.2, -0.15) is 0 Å². The van der Waals surface area contributed by atoms with Gasteiger partial charge >= 0.3 is 0 Å². The van der Waals surface area contributed by atoms with Crippen molar-refractivity contribution in [3.8, 4) is 5.75 Å². The van der Waals surface area contributed by atoms with Crippen LogP contribution in [0.2, 0.25) is 5.02 Å². The highest BCUT2D eigenvalue weighted by Crippen LogP contribution is 2.24. The highest BCUT2D eigenvalue weighted by Gasteiger charge is 2.21. The Labute approximate surface area is 167 Å². The van der Waals surface area contributed by atoms with Gasteiger partial charge in [0.05, 0.1) is 0 Å². The van der Waals surface area contributed by atoms with Crippen LogP contribution in [0.15, 0.2) is 60.9 Å². The number of benzene rings is 2. The van der Waals surface area contributed by atoms with E-state index < -0.39 is 0 Å². The fourth-order valence-corrected chi connectivity index (χ4v) is 2.70. The van der Waals surface area contributed by atoms with Gasteiger partial charge in [-0.15, -0.1) is 0 Å². The van der Waals surface area contributed by atoms with Crippen molar-refractivity contribution in [2.45, 2.75) is 25.5 Å². The van der Waals surface area contributed by atoms with Crippen LogP contribution < -0.4 is 15.4 Å². The fraction of sp³-hybridized carbons (Fsp3) is 0.190. The fourth-order valence-electron chi connectivity index (χ4n) is 2.57. The zero-order valence-corrected chi connectivity index (χ0v) is 15.8. The molecule has 142 valence electrons. The molecule has 0 bridgehead atoms. The van der Waals surface area contributed by atoms with E-state index >= 15 is 0 Å². The average molecular weight is 395 g/mol. The molecule has 0 saturated heterocycles. The van der Waals surface area contributed by atoms with Crippen LogP contribution in [0.25, 0.3) is 0 Å². The second-order valence-electron chi connectivity index (χ2n) is 6.60. The smallest absolute Gasteiger partial charge is 0.274 e. The lowest BCUT2D eigenvalue weighted by molar-refractivity contribution is 0.102. The molecule has 0 atom stereocenters. The van der Waals surface area contributed by atoms with Crippen molar-refractivity contribution in [2.75, 3.05) is 10.6 Å². The summed E-state index contributed by atoms with van der Waals surface area (Å²) in [7, 11) is 0. The number of nitrogens with zero attached hydrogens (tertiary/aromatic N) is 2. The number of anilines is 2. The van der Waals surface area contributed by atoms with Crippen molar-refractivity contribution in [1.29, 1.82) is 0 Å². The Kier molecular flexibility index (Phi) is 5.39. The summed E-state index contributed by atoms with van der Waals surface area (Å²) < 4.78 is 5.75. The number of amides is 1. The van der Waals surface area contributed by atoms with Crippen LogP contribution >= 0.6 is 11.6 Å². The molecule has 2 N–H and O–H groups in total. The Hall–Kier alpha value is -3.12. The molecule has 6 nitrogen and oxygen atoms in total. The van der Waals surface area contributed by atoms with E-state index in [1.165, 1.54) is 6.33 Å². The van der Waals surface area contributed by atoms with Gasteiger partial charge in [-0.3, -0.25) is 4.79 Å². The van der Waals surface area contributed by atoms with E-state index in [0.717, 1.165) is 18.4 Å². The second-order valence-corrected chi connectivity index (χ2v) is 7.04. The van der Waals surface area contributed by atoms with Gasteiger partial charge in [-0.1, -0.05) is 23.7 Å². The number of carbonyl (C=O) groups excluding carboxylic acids is 1. The third kappa shape index (κ3) is 4.98. The lowest BCUT2D eigenvalue weighted by atomic mass is 10.2. The zero-order chi connectivity index (χ0) is 19.3. The first-order valence-electron chi connectivity index (χ1n) is 9.03. The number of halogens is 1. The molecule has 4 rings (SSSR count). The molecule has 1 fully saturated rings. The zero-order valence-electron chi connectivity index (χ0n) is 15.1. The quantitative estimate of drug-likeness (QED) is 0.615. The lowest BCUT2D eigenvalue weighted by Gasteiger charge is -2.09. The van der Waals surface area contributed by atoms with Crippen LogP contribution in [0, 0.1) is 0 Å². The minimum Gasteiger partial charge on any atom is -0.489 e. The van der Waals surface area contributed by atoms with Crippen LogP contribution in [-0.2, 0) is 6.61 Å². The van der Waals surface area contributed by atoms with Crippen LogP contribution in [0.1, 0.15) is 28.9 Å². The maximum atomic E-state index is 12.4. The van der Waals surface area contributed by atoms with Gasteiger partial charge in [-0.25, -0.2) is 9.97 Å². The van der Waals surface area contributed by atoms with E-state index in [1.54, 1.807) is 18.2 Å². The molecule has 1 aromatic heterocycles. The van der Waals surface area contributed by atoms with Crippen molar-refractivity contribution in [3.05, 3.63) is 77.2 Å². The molecule has 1 saturated carbocycles. The molecule has 1 aliphatic rings. The number of ether oxygens (including phenoxy) is 1. The first-order chi connectivity index (χ1) is 13.7. The molecule has 0 spiro atoms. The molecule has 1 aliphatic carbocycles. The van der Waals surface area contributed by atoms with Crippen molar-refractivity contribution in [1.82, 2.24) is 9.97 Å². The van der Waals surface area contributed by atoms with Crippen LogP contribution in [0.4, 0.5) is 11.5 Å². The minimum absolute atomic E-state index is 0.281. The Morgan fingerprint density at radius 1 is 1.07 bits per heavy atom. The monoisotopic (exact) mass is 394 g/mol. The molecule has 0 radical (unpaired) electrons. The highest BCUT2D eigenvalue weighted by molar-refractivity contribution is 6.30. The van der Waals surface area contributed by atoms with Crippen molar-refractivity contribution >= 4 is 29.0 Å². The normalized spacial score (nSPS) is 13.0. The predicted molar refractivity (Wildman–Crippen MR) is 109 cm³/mol. The largest absolute Gasteiger partial charge is 0.489 e. The summed E-state index contributed by atoms with van der Waals surface area (Å²) in [5.41, 5.74) is 2.02. The predicted octanol–water partition coefficient (Wildman–Crippen LogP) is 4.54. The average Bonchev–Trinajstić information content (AvgIpc) is 3.53. The summed E-state index contributed by atoms with van der Waals surface area (Å²) in [6, 6.07) is 16.8. The van der Waals surface area contributed by atoms with Crippen molar-refractivity contribution in [2.24, 2.45) is 0 Å². The van der Waals surface area contributed by atoms with E-state index in [-0.39, 0.29) is 5.91 Å². The third-order valence-corrected chi connectivity index (χ3v) is 4.51. The van der Waals surface area contributed by atoms with Crippen LogP contribution in [0.3, 0.4) is 0 Å². The number of rotatable bonds is 7. The molecule has 1 heterocycles. The molecule has 0 unspecified atom stereocenters. The number of hydrogen-bond acceptors (Lipinski definition) is 5. The standard InChI is InChI=1S/C21H19ClN4O2/c22-15-3-1-14(2-4-15)12-28-18-9-7-17(8-10-18)26-21(27)19-11-20(24-13-23-19)25-16-5-6-16/h1-4,7-11,13,16H,5-6,12H2,(H,26,27)(H,23,24,25). The molecule has 1 amide bonds. The second kappa shape index (κ2) is 8.27. The number of nitrogens with one attached hydrogen (secondary N) is 2. The first-order valence-corrected chi connectivity index (χ1v) is 9.41. The molecular weight excluding hydrogens is 376 g/mol. The number of hydrogen-bond donors (Lipinski definition) is 2. The molecule has 7 heteroatoms. The summed E-state index contributed by atoms with van der Waals surface area (Å²) >= 11 is 5.88. The van der Waals surface area contributed by atoms with Gasteiger partial charge in [0.15, 0.2) is 0 Å². The Balaban J connectivity index is 1.33. The van der Waals surface area contributed by atoms with Gasteiger partial charge in [0.1, 0.15) is 30.2 Å². The Bertz CT molecular complexity index is 957. The molecule has 0 aliphatic heterocycles. The van der Waals surface area contributed by atoms with Gasteiger partial charge in [-0.05, 0) is 54.8 Å². The van der Waals surface area contributed by atoms with Crippen molar-refractivity contribution < 1.29 is 9.53 Å². The molecule has 3 aromatic rings. The summed E-state index contributed by atoms with van der Waals surface area (Å²) in [6.45, 7) is 0.445. The van der Waals surface area contributed by atoms with Gasteiger partial charge in [0.2, 0.25) is 0 Å². The van der Waals surface area contributed by atoms with E-state index in [9.17, 15) is 4.79 Å². The van der Waals surface area contributed by atoms with Crippen LogP contribution in [0.5, 0.6) is 5.75 Å². The minimum atomic E-state index is -0.281. The van der Waals surface area contributed by atoms with Crippen LogP contribution in [-0.4, -0.2) is 21.9 Å². The van der Waals surface area contributed by atoms with E-state index in [1.807, 2.05) is 36.4 Å². The molecule has 2 aromatic carbocycles. The summed E-state index contributed by atoms with van der Waals surface area (Å²) in [5.74, 6) is 1.11. The van der Waals surface area contributed by atoms with Gasteiger partial charge in [0.25, 0.3) is 5.91 Å². The highest BCUT2D eigenvalue weighted by atomic mass is 35.5. The van der Waals surface area contributed by atoms with Gasteiger partial charge < -0.3 is 15.4 Å². The summed E-state index contributed by atoms with van der Waals surface area (Å²) in [6.07, 6.45) is 3.67. The third-order valence-electron chi connectivity index (χ3n) is 4.26. The van der Waals surface area contributed by atoms with E-state index in [2.05, 4.69) is 20.6 Å². The Morgan fingerprint density at radius 3 is 2.54 bits per heavy atom. The maximum absolute atomic E-state index is 12.4. The summed E-state index contributed by atoms with van der Waals surface area (Å²) in [5, 5.41) is 6.79. The van der Waals surface area contributed by atoms with Gasteiger partial charge in [0, 0.05) is 22.8 Å². The van der Waals surface area contributed by atoms with Crippen molar-refractivity contribution in [3.63, 3.8) is 0 Å². The Morgan fingerprint density at radius 2 is 1.82 bits per heavy atom. The SMILES string of the molecule is O=C(Nc1ccc(OCc2ccc(Cl)cc2)cc1)c1cc(NC2CC2)ncn1. The first kappa shape index (κ1) is 18.3. The molecule has 28 heavy (non-hydrogen) atoms. The summed E-state index contributed by atoms with van der Waals surface area (Å²) in [4.78, 5) is 20.6. The number of aromatic nitrogens is 2. The van der Waals surface area contributed by atoms with E-state index in [4.69, 9.17) is 16.3 Å². The number of carbonyl (C=O) groups is 1. The topological polar surface area (TPSA) is 76.1 Å². The lowest BCUT2D eigenvalue weighted by Crippen LogP contribution is -2.15.